The second-order valence-corrected chi connectivity index (χ2v) is 5.22. The van der Waals surface area contributed by atoms with E-state index in [1.165, 1.54) is 0 Å². The van der Waals surface area contributed by atoms with Gasteiger partial charge in [0.1, 0.15) is 5.82 Å². The van der Waals surface area contributed by atoms with E-state index < -0.39 is 0 Å². The molecular formula is C15H22FNO. The summed E-state index contributed by atoms with van der Waals surface area (Å²) < 4.78 is 19.8. The van der Waals surface area contributed by atoms with Gasteiger partial charge in [-0.2, -0.15) is 0 Å². The molecule has 18 heavy (non-hydrogen) atoms. The molecule has 0 spiro atoms. The molecule has 1 aromatic rings. The fourth-order valence-electron chi connectivity index (χ4n) is 3.17. The van der Waals surface area contributed by atoms with Crippen LogP contribution in [0.15, 0.2) is 18.2 Å². The van der Waals surface area contributed by atoms with Gasteiger partial charge in [0.05, 0.1) is 11.6 Å². The molecule has 1 aromatic carbocycles. The zero-order valence-corrected chi connectivity index (χ0v) is 11.4. The first kappa shape index (κ1) is 13.5. The highest BCUT2D eigenvalue weighted by atomic mass is 19.1. The predicted octanol–water partition coefficient (Wildman–Crippen LogP) is 3.35. The number of ether oxygens (including phenoxy) is 1. The Kier molecular flexibility index (Phi) is 4.03. The van der Waals surface area contributed by atoms with Crippen LogP contribution in [0.25, 0.3) is 0 Å². The summed E-state index contributed by atoms with van der Waals surface area (Å²) in [6.07, 6.45) is 4.28. The van der Waals surface area contributed by atoms with Crippen LogP contribution in [0.3, 0.4) is 0 Å². The van der Waals surface area contributed by atoms with Crippen LogP contribution < -0.4 is 5.32 Å². The van der Waals surface area contributed by atoms with Crippen molar-refractivity contribution in [3.63, 3.8) is 0 Å². The van der Waals surface area contributed by atoms with Gasteiger partial charge >= 0.3 is 0 Å². The van der Waals surface area contributed by atoms with Crippen molar-refractivity contribution >= 4 is 0 Å². The minimum absolute atomic E-state index is 0.0788. The van der Waals surface area contributed by atoms with Crippen LogP contribution in [0.5, 0.6) is 0 Å². The molecule has 1 saturated carbocycles. The lowest BCUT2D eigenvalue weighted by molar-refractivity contribution is -0.0357. The van der Waals surface area contributed by atoms with Gasteiger partial charge in [0.2, 0.25) is 0 Å². The van der Waals surface area contributed by atoms with Gasteiger partial charge in [0, 0.05) is 12.7 Å². The van der Waals surface area contributed by atoms with Crippen LogP contribution in [-0.4, -0.2) is 19.8 Å². The van der Waals surface area contributed by atoms with Crippen molar-refractivity contribution < 1.29 is 9.13 Å². The summed E-state index contributed by atoms with van der Waals surface area (Å²) in [5.41, 5.74) is 1.54. The number of benzene rings is 1. The van der Waals surface area contributed by atoms with Crippen LogP contribution in [0.1, 0.15) is 42.9 Å². The summed E-state index contributed by atoms with van der Waals surface area (Å²) in [6, 6.07) is 5.20. The lowest BCUT2D eigenvalue weighted by Crippen LogP contribution is -2.42. The average Bonchev–Trinajstić information content (AvgIpc) is 2.84. The van der Waals surface area contributed by atoms with Gasteiger partial charge in [-0.1, -0.05) is 30.5 Å². The minimum Gasteiger partial charge on any atom is -0.376 e. The van der Waals surface area contributed by atoms with Gasteiger partial charge < -0.3 is 10.1 Å². The SMILES string of the molecule is CNC(c1cc(C)ccc1F)C1(OC)CCCC1. The monoisotopic (exact) mass is 251 g/mol. The number of halogens is 1. The fraction of sp³-hybridized carbons (Fsp3) is 0.600. The lowest BCUT2D eigenvalue weighted by Gasteiger charge is -2.36. The molecule has 1 aliphatic rings. The Hall–Kier alpha value is -0.930. The summed E-state index contributed by atoms with van der Waals surface area (Å²) in [5.74, 6) is -0.150. The van der Waals surface area contributed by atoms with Gasteiger partial charge in [0.25, 0.3) is 0 Å². The van der Waals surface area contributed by atoms with Crippen LogP contribution in [-0.2, 0) is 4.74 Å². The average molecular weight is 251 g/mol. The molecule has 0 saturated heterocycles. The predicted molar refractivity (Wildman–Crippen MR) is 71.1 cm³/mol. The van der Waals surface area contributed by atoms with Crippen molar-refractivity contribution in [1.82, 2.24) is 5.32 Å². The second kappa shape index (κ2) is 5.37. The van der Waals surface area contributed by atoms with E-state index in [-0.39, 0.29) is 17.5 Å². The van der Waals surface area contributed by atoms with Crippen LogP contribution in [0.4, 0.5) is 4.39 Å². The van der Waals surface area contributed by atoms with Crippen LogP contribution in [0.2, 0.25) is 0 Å². The third kappa shape index (κ3) is 2.29. The Bertz CT molecular complexity index is 413. The summed E-state index contributed by atoms with van der Waals surface area (Å²) in [6.45, 7) is 1.99. The molecule has 0 radical (unpaired) electrons. The van der Waals surface area contributed by atoms with Gasteiger partial charge in [-0.15, -0.1) is 0 Å². The molecule has 0 aliphatic heterocycles. The van der Waals surface area contributed by atoms with E-state index in [1.54, 1.807) is 19.2 Å². The molecule has 3 heteroatoms. The first-order valence-corrected chi connectivity index (χ1v) is 6.61. The third-order valence-electron chi connectivity index (χ3n) is 4.13. The first-order valence-electron chi connectivity index (χ1n) is 6.61. The first-order chi connectivity index (χ1) is 8.63. The smallest absolute Gasteiger partial charge is 0.128 e. The topological polar surface area (TPSA) is 21.3 Å². The summed E-state index contributed by atoms with van der Waals surface area (Å²) in [5, 5.41) is 3.26. The lowest BCUT2D eigenvalue weighted by atomic mass is 9.86. The second-order valence-electron chi connectivity index (χ2n) is 5.22. The third-order valence-corrected chi connectivity index (χ3v) is 4.13. The highest BCUT2D eigenvalue weighted by molar-refractivity contribution is 5.29. The highest BCUT2D eigenvalue weighted by Crippen LogP contribution is 2.43. The molecule has 0 heterocycles. The largest absolute Gasteiger partial charge is 0.376 e. The van der Waals surface area contributed by atoms with E-state index in [0.717, 1.165) is 36.8 Å². The summed E-state index contributed by atoms with van der Waals surface area (Å²) in [7, 11) is 3.62. The van der Waals surface area contributed by atoms with E-state index in [1.807, 2.05) is 20.0 Å². The number of aryl methyl sites for hydroxylation is 1. The van der Waals surface area contributed by atoms with Crippen LogP contribution >= 0.6 is 0 Å². The molecule has 2 nitrogen and oxygen atoms in total. The van der Waals surface area contributed by atoms with Crippen molar-refractivity contribution in [1.29, 1.82) is 0 Å². The van der Waals surface area contributed by atoms with Crippen LogP contribution in [0, 0.1) is 12.7 Å². The molecule has 2 rings (SSSR count). The van der Waals surface area contributed by atoms with E-state index in [4.69, 9.17) is 4.74 Å². The molecule has 0 amide bonds. The normalized spacial score (nSPS) is 20.0. The molecule has 0 aromatic heterocycles. The number of hydrogen-bond acceptors (Lipinski definition) is 2. The Balaban J connectivity index is 2.40. The van der Waals surface area contributed by atoms with E-state index in [2.05, 4.69) is 5.32 Å². The Morgan fingerprint density at radius 1 is 1.33 bits per heavy atom. The number of likely N-dealkylation sites (N-methyl/N-ethyl adjacent to an activating group) is 1. The zero-order chi connectivity index (χ0) is 13.2. The quantitative estimate of drug-likeness (QED) is 0.886. The van der Waals surface area contributed by atoms with Gasteiger partial charge in [-0.25, -0.2) is 4.39 Å². The molecule has 100 valence electrons. The summed E-state index contributed by atoms with van der Waals surface area (Å²) in [4.78, 5) is 0. The molecular weight excluding hydrogens is 229 g/mol. The summed E-state index contributed by atoms with van der Waals surface area (Å²) >= 11 is 0. The van der Waals surface area contributed by atoms with E-state index >= 15 is 0 Å². The van der Waals surface area contributed by atoms with E-state index in [9.17, 15) is 4.39 Å². The maximum atomic E-state index is 14.1. The minimum atomic E-state index is -0.261. The number of nitrogens with one attached hydrogen (secondary N) is 1. The van der Waals surface area contributed by atoms with Crippen molar-refractivity contribution in [3.05, 3.63) is 35.1 Å². The Morgan fingerprint density at radius 3 is 2.56 bits per heavy atom. The molecule has 1 unspecified atom stereocenters. The van der Waals surface area contributed by atoms with E-state index in [0.29, 0.717) is 0 Å². The molecule has 1 aliphatic carbocycles. The molecule has 1 atom stereocenters. The van der Waals surface area contributed by atoms with Gasteiger partial charge in [-0.05, 0) is 32.9 Å². The number of methoxy groups -OCH3 is 1. The highest BCUT2D eigenvalue weighted by Gasteiger charge is 2.42. The van der Waals surface area contributed by atoms with Gasteiger partial charge in [0.15, 0.2) is 0 Å². The van der Waals surface area contributed by atoms with Crippen molar-refractivity contribution in [2.75, 3.05) is 14.2 Å². The maximum absolute atomic E-state index is 14.1. The number of rotatable bonds is 4. The fourth-order valence-corrected chi connectivity index (χ4v) is 3.17. The maximum Gasteiger partial charge on any atom is 0.128 e. The van der Waals surface area contributed by atoms with Crippen molar-refractivity contribution in [2.45, 2.75) is 44.2 Å². The van der Waals surface area contributed by atoms with Gasteiger partial charge in [-0.3, -0.25) is 0 Å². The Morgan fingerprint density at radius 2 is 2.00 bits per heavy atom. The van der Waals surface area contributed by atoms with Crippen molar-refractivity contribution in [3.8, 4) is 0 Å². The Labute approximate surface area is 109 Å². The molecule has 1 fully saturated rings. The molecule has 0 bridgehead atoms. The zero-order valence-electron chi connectivity index (χ0n) is 11.4. The van der Waals surface area contributed by atoms with Crippen molar-refractivity contribution in [2.24, 2.45) is 0 Å². The molecule has 1 N–H and O–H groups in total. The standard InChI is InChI=1S/C15H22FNO/c1-11-6-7-13(16)12(10-11)14(17-2)15(18-3)8-4-5-9-15/h6-7,10,14,17H,4-5,8-9H2,1-3H3. The number of hydrogen-bond donors (Lipinski definition) is 1.